The Kier molecular flexibility index (Phi) is 11.1. The summed E-state index contributed by atoms with van der Waals surface area (Å²) in [6.45, 7) is 3.82. The lowest BCUT2D eigenvalue weighted by Crippen LogP contribution is -2.30. The minimum absolute atomic E-state index is 0.0433. The molecular weight excluding hydrogens is 795 g/mol. The van der Waals surface area contributed by atoms with E-state index >= 15 is 0 Å². The molecule has 8 rings (SSSR count). The standard InChI is InChI=1S/C48H34Cl2N6O4/c1-27-15-19-33(20-16-27)51-47(59)36-23-31-10-4-6-12-34(31)43(45(36)57)55-53-41-21-17-29(25-38(41)49)30-18-22-42(39(50)26-30)54-56-44-35-13-7-5-11-32(35)24-37(46(44)58)48(60)52-40-14-8-3-9-28(40)2/h3-26,53-54H,1-2H3,(H,51,59)(H,52,60)/b55-43-,56-44+. The van der Waals surface area contributed by atoms with Gasteiger partial charge < -0.3 is 10.6 Å². The Morgan fingerprint density at radius 2 is 0.983 bits per heavy atom. The molecule has 0 saturated heterocycles. The Morgan fingerprint density at radius 1 is 0.517 bits per heavy atom. The van der Waals surface area contributed by atoms with Gasteiger partial charge in [-0.2, -0.15) is 10.2 Å². The Hall–Kier alpha value is -7.40. The van der Waals surface area contributed by atoms with Crippen LogP contribution in [-0.4, -0.2) is 34.8 Å². The molecule has 0 unspecified atom stereocenters. The van der Waals surface area contributed by atoms with Gasteiger partial charge in [0.05, 0.1) is 32.6 Å². The zero-order valence-electron chi connectivity index (χ0n) is 32.1. The number of aryl methyl sites for hydroxylation is 2. The first kappa shape index (κ1) is 39.4. The van der Waals surface area contributed by atoms with E-state index in [-0.39, 0.29) is 22.6 Å². The zero-order valence-corrected chi connectivity index (χ0v) is 33.7. The summed E-state index contributed by atoms with van der Waals surface area (Å²) in [6, 6.07) is 39.6. The summed E-state index contributed by atoms with van der Waals surface area (Å²) in [7, 11) is 0. The summed E-state index contributed by atoms with van der Waals surface area (Å²) in [5.74, 6) is -2.15. The van der Waals surface area contributed by atoms with E-state index in [1.165, 1.54) is 0 Å². The first-order chi connectivity index (χ1) is 29.0. The van der Waals surface area contributed by atoms with Gasteiger partial charge in [0.25, 0.3) is 11.8 Å². The van der Waals surface area contributed by atoms with Crippen LogP contribution in [0.2, 0.25) is 10.0 Å². The maximum absolute atomic E-state index is 13.7. The molecule has 12 heteroatoms. The number of fused-ring (bicyclic) bond motifs is 2. The van der Waals surface area contributed by atoms with Gasteiger partial charge in [-0.15, -0.1) is 0 Å². The molecule has 2 aliphatic carbocycles. The second-order valence-electron chi connectivity index (χ2n) is 14.1. The molecule has 0 spiro atoms. The van der Waals surface area contributed by atoms with Gasteiger partial charge in [0.15, 0.2) is 0 Å². The Bertz CT molecular complexity index is 2900. The smallest absolute Gasteiger partial charge is 0.259 e. The second kappa shape index (κ2) is 16.8. The maximum Gasteiger partial charge on any atom is 0.259 e. The monoisotopic (exact) mass is 828 g/mol. The number of benzene rings is 6. The highest BCUT2D eigenvalue weighted by molar-refractivity contribution is 6.60. The lowest BCUT2D eigenvalue weighted by Gasteiger charge is -2.18. The van der Waals surface area contributed by atoms with Crippen molar-refractivity contribution < 1.29 is 19.2 Å². The average molecular weight is 830 g/mol. The molecule has 294 valence electrons. The molecule has 0 aromatic heterocycles. The largest absolute Gasteiger partial charge is 0.322 e. The number of rotatable bonds is 9. The van der Waals surface area contributed by atoms with Gasteiger partial charge in [0.1, 0.15) is 11.4 Å². The molecule has 2 amide bonds. The highest BCUT2D eigenvalue weighted by Crippen LogP contribution is 2.34. The van der Waals surface area contributed by atoms with Crippen LogP contribution < -0.4 is 21.5 Å². The number of hydrazone groups is 2. The summed E-state index contributed by atoms with van der Waals surface area (Å²) in [6.07, 6.45) is 3.14. The van der Waals surface area contributed by atoms with Crippen molar-refractivity contribution in [1.82, 2.24) is 0 Å². The lowest BCUT2D eigenvalue weighted by molar-refractivity contribution is -0.118. The van der Waals surface area contributed by atoms with Crippen LogP contribution in [0.3, 0.4) is 0 Å². The summed E-state index contributed by atoms with van der Waals surface area (Å²) < 4.78 is 0. The predicted molar refractivity (Wildman–Crippen MR) is 241 cm³/mol. The van der Waals surface area contributed by atoms with Crippen LogP contribution in [0.25, 0.3) is 23.3 Å². The van der Waals surface area contributed by atoms with Crippen molar-refractivity contribution in [2.24, 2.45) is 10.2 Å². The number of hydrogen-bond acceptors (Lipinski definition) is 8. The van der Waals surface area contributed by atoms with E-state index in [1.54, 1.807) is 78.9 Å². The molecule has 0 radical (unpaired) electrons. The molecule has 0 heterocycles. The van der Waals surface area contributed by atoms with Crippen molar-refractivity contribution >= 4 is 92.9 Å². The van der Waals surface area contributed by atoms with Crippen molar-refractivity contribution in [2.45, 2.75) is 13.8 Å². The van der Waals surface area contributed by atoms with Crippen LogP contribution in [-0.2, 0) is 19.2 Å². The molecule has 0 bridgehead atoms. The van der Waals surface area contributed by atoms with Gasteiger partial charge in [-0.3, -0.25) is 30.0 Å². The van der Waals surface area contributed by atoms with Crippen LogP contribution in [0, 0.1) is 13.8 Å². The zero-order chi connectivity index (χ0) is 41.9. The molecule has 6 aromatic rings. The molecule has 0 atom stereocenters. The van der Waals surface area contributed by atoms with Crippen LogP contribution in [0.15, 0.2) is 155 Å². The van der Waals surface area contributed by atoms with E-state index in [4.69, 9.17) is 23.2 Å². The fourth-order valence-corrected chi connectivity index (χ4v) is 7.16. The lowest BCUT2D eigenvalue weighted by atomic mass is 9.89. The molecule has 4 N–H and O–H groups in total. The minimum atomic E-state index is -0.543. The van der Waals surface area contributed by atoms with E-state index in [0.29, 0.717) is 55.0 Å². The van der Waals surface area contributed by atoms with Gasteiger partial charge in [-0.1, -0.05) is 120 Å². The Labute approximate surface area is 355 Å². The molecular formula is C48H34Cl2N6O4. The van der Waals surface area contributed by atoms with Crippen molar-refractivity contribution in [3.63, 3.8) is 0 Å². The van der Waals surface area contributed by atoms with Crippen LogP contribution in [0.4, 0.5) is 22.7 Å². The number of halogens is 2. The summed E-state index contributed by atoms with van der Waals surface area (Å²) >= 11 is 13.5. The highest BCUT2D eigenvalue weighted by Gasteiger charge is 2.32. The third kappa shape index (κ3) is 8.15. The third-order valence-electron chi connectivity index (χ3n) is 9.99. The van der Waals surface area contributed by atoms with Crippen LogP contribution in [0.1, 0.15) is 33.4 Å². The van der Waals surface area contributed by atoms with Gasteiger partial charge in [-0.25, -0.2) is 0 Å². The number of carbonyl (C=O) groups is 4. The van der Waals surface area contributed by atoms with E-state index in [9.17, 15) is 19.2 Å². The van der Waals surface area contributed by atoms with Crippen LogP contribution in [0.5, 0.6) is 0 Å². The summed E-state index contributed by atoms with van der Waals surface area (Å²) in [4.78, 5) is 54.1. The van der Waals surface area contributed by atoms with Gasteiger partial charge in [-0.05, 0) is 96.3 Å². The molecule has 60 heavy (non-hydrogen) atoms. The quantitative estimate of drug-likeness (QED) is 0.0845. The summed E-state index contributed by atoms with van der Waals surface area (Å²) in [5.41, 5.74) is 13.8. The number of anilines is 4. The van der Waals surface area contributed by atoms with Gasteiger partial charge >= 0.3 is 0 Å². The number of nitrogens with one attached hydrogen (secondary N) is 4. The van der Waals surface area contributed by atoms with E-state index in [0.717, 1.165) is 22.3 Å². The number of para-hydroxylation sites is 1. The fraction of sp³-hybridized carbons (Fsp3) is 0.0417. The number of amides is 2. The topological polar surface area (TPSA) is 141 Å². The first-order valence-corrected chi connectivity index (χ1v) is 19.5. The van der Waals surface area contributed by atoms with Crippen molar-refractivity contribution in [3.05, 3.63) is 188 Å². The fourth-order valence-electron chi connectivity index (χ4n) is 6.72. The second-order valence-corrected chi connectivity index (χ2v) is 14.9. The Balaban J connectivity index is 0.986. The first-order valence-electron chi connectivity index (χ1n) is 18.8. The van der Waals surface area contributed by atoms with Gasteiger partial charge in [0, 0.05) is 22.5 Å². The third-order valence-corrected chi connectivity index (χ3v) is 10.6. The van der Waals surface area contributed by atoms with Gasteiger partial charge in [0.2, 0.25) is 11.6 Å². The minimum Gasteiger partial charge on any atom is -0.322 e. The number of carbonyl (C=O) groups excluding carboxylic acids is 4. The van der Waals surface area contributed by atoms with Crippen LogP contribution >= 0.6 is 23.2 Å². The molecule has 0 saturated carbocycles. The Morgan fingerprint density at radius 3 is 1.48 bits per heavy atom. The molecule has 10 nitrogen and oxygen atoms in total. The number of hydrogen-bond donors (Lipinski definition) is 4. The highest BCUT2D eigenvalue weighted by atomic mass is 35.5. The summed E-state index contributed by atoms with van der Waals surface area (Å²) in [5, 5.41) is 15.2. The average Bonchev–Trinajstić information content (AvgIpc) is 3.25. The predicted octanol–water partition coefficient (Wildman–Crippen LogP) is 10.1. The number of nitrogens with zero attached hydrogens (tertiary/aromatic N) is 2. The van der Waals surface area contributed by atoms with E-state index in [1.807, 2.05) is 80.6 Å². The van der Waals surface area contributed by atoms with Crippen molar-refractivity contribution in [1.29, 1.82) is 0 Å². The number of ketones is 2. The maximum atomic E-state index is 13.7. The van der Waals surface area contributed by atoms with E-state index in [2.05, 4.69) is 31.7 Å². The van der Waals surface area contributed by atoms with E-state index < -0.39 is 23.4 Å². The number of Topliss-reactive ketones (excluding diaryl/α,β-unsaturated/α-hetero) is 2. The molecule has 0 fully saturated rings. The molecule has 6 aromatic carbocycles. The molecule has 2 aliphatic rings. The van der Waals surface area contributed by atoms with Crippen molar-refractivity contribution in [3.8, 4) is 11.1 Å². The normalized spacial score (nSPS) is 14.5. The molecule has 0 aliphatic heterocycles. The van der Waals surface area contributed by atoms with Crippen molar-refractivity contribution in [2.75, 3.05) is 21.5 Å². The SMILES string of the molecule is Cc1ccc(NC(=O)C2=Cc3ccccc3/C(=N/Nc3ccc(-c4ccc(N/N=C5/C(=O)C(C(=O)Nc6ccccc6C)=Cc6ccccc65)c(Cl)c4)cc3Cl)C2=O)cc1.